The molecule has 1 aliphatic rings. The molecule has 7 nitrogen and oxygen atoms in total. The zero-order valence-corrected chi connectivity index (χ0v) is 22.9. The highest BCUT2D eigenvalue weighted by molar-refractivity contribution is 7.16. The van der Waals surface area contributed by atoms with E-state index in [-0.39, 0.29) is 24.7 Å². The number of hydrogen-bond donors (Lipinski definition) is 0. The first-order valence-corrected chi connectivity index (χ1v) is 14.2. The molecule has 1 fully saturated rings. The van der Waals surface area contributed by atoms with Crippen molar-refractivity contribution in [2.75, 3.05) is 11.4 Å². The number of fused-ring (bicyclic) bond motifs is 1. The molecule has 9 heteroatoms. The number of hydrogen-bond acceptors (Lipinski definition) is 7. The Morgan fingerprint density at radius 1 is 1.28 bits per heavy atom. The highest BCUT2D eigenvalue weighted by Gasteiger charge is 2.28. The van der Waals surface area contributed by atoms with E-state index in [0.717, 1.165) is 64.4 Å². The molecule has 5 rings (SSSR count). The summed E-state index contributed by atoms with van der Waals surface area (Å²) in [5.74, 6) is 1.30. The van der Waals surface area contributed by atoms with Crippen LogP contribution >= 0.6 is 11.3 Å². The van der Waals surface area contributed by atoms with E-state index in [2.05, 4.69) is 28.3 Å². The monoisotopic (exact) mass is 545 g/mol. The summed E-state index contributed by atoms with van der Waals surface area (Å²) in [7, 11) is 0. The van der Waals surface area contributed by atoms with Crippen LogP contribution in [0.4, 0.5) is 10.1 Å². The molecule has 1 amide bonds. The number of carbonyl (C=O) groups is 1. The highest BCUT2D eigenvalue weighted by Crippen LogP contribution is 2.38. The second-order valence-electron chi connectivity index (χ2n) is 10.1. The van der Waals surface area contributed by atoms with Gasteiger partial charge in [-0.05, 0) is 62.3 Å². The van der Waals surface area contributed by atoms with Gasteiger partial charge in [-0.2, -0.15) is 4.98 Å². The lowest BCUT2D eigenvalue weighted by Gasteiger charge is -2.27. The predicted molar refractivity (Wildman–Crippen MR) is 152 cm³/mol. The molecule has 0 N–H and O–H groups in total. The molecule has 4 aromatic rings. The van der Waals surface area contributed by atoms with E-state index < -0.39 is 5.83 Å². The fourth-order valence-corrected chi connectivity index (χ4v) is 5.36. The second-order valence-corrected chi connectivity index (χ2v) is 10.9. The van der Waals surface area contributed by atoms with Crippen molar-refractivity contribution in [3.05, 3.63) is 78.2 Å². The van der Waals surface area contributed by atoms with Crippen LogP contribution in [0.5, 0.6) is 0 Å². The molecule has 0 saturated heterocycles. The lowest BCUT2D eigenvalue weighted by atomic mass is 10.00. The van der Waals surface area contributed by atoms with Gasteiger partial charge in [-0.15, -0.1) is 17.9 Å². The summed E-state index contributed by atoms with van der Waals surface area (Å²) in [5, 5.41) is 4.09. The summed E-state index contributed by atoms with van der Waals surface area (Å²) in [6.07, 6.45) is 6.49. The normalized spacial score (nSPS) is 13.9. The zero-order chi connectivity index (χ0) is 27.4. The van der Waals surface area contributed by atoms with Crippen molar-refractivity contribution in [2.24, 2.45) is 5.92 Å². The third kappa shape index (κ3) is 6.65. The Bertz CT molecular complexity index is 1490. The van der Waals surface area contributed by atoms with Gasteiger partial charge in [0.05, 0.1) is 17.0 Å². The van der Waals surface area contributed by atoms with Crippen molar-refractivity contribution in [1.82, 2.24) is 20.1 Å². The van der Waals surface area contributed by atoms with Gasteiger partial charge < -0.3 is 9.42 Å². The summed E-state index contributed by atoms with van der Waals surface area (Å²) in [6.45, 7) is 9.79. The first-order valence-electron chi connectivity index (χ1n) is 13.3. The summed E-state index contributed by atoms with van der Waals surface area (Å²) >= 11 is 1.50. The molecule has 1 aliphatic carbocycles. The van der Waals surface area contributed by atoms with E-state index in [0.29, 0.717) is 24.8 Å². The number of carbonyl (C=O) groups excluding carboxylic acids is 1. The first kappa shape index (κ1) is 26.9. The third-order valence-electron chi connectivity index (χ3n) is 7.00. The number of allylic oxidation sites excluding steroid dienone is 1. The summed E-state index contributed by atoms with van der Waals surface area (Å²) in [6, 6.07) is 9.79. The van der Waals surface area contributed by atoms with Crippen molar-refractivity contribution in [3.8, 4) is 11.3 Å². The average Bonchev–Trinajstić information content (AvgIpc) is 3.47. The van der Waals surface area contributed by atoms with Crippen LogP contribution in [0.1, 0.15) is 61.7 Å². The fraction of sp³-hybridized carbons (Fsp3) is 0.367. The molecular weight excluding hydrogens is 513 g/mol. The predicted octanol–water partition coefficient (Wildman–Crippen LogP) is 7.35. The molecule has 3 aromatic heterocycles. The van der Waals surface area contributed by atoms with Crippen LogP contribution in [0.25, 0.3) is 21.6 Å². The highest BCUT2D eigenvalue weighted by atomic mass is 32.1. The maximum Gasteiger partial charge on any atom is 0.227 e. The molecule has 1 aromatic carbocycles. The molecule has 1 unspecified atom stereocenters. The zero-order valence-electron chi connectivity index (χ0n) is 22.1. The molecule has 0 aliphatic heterocycles. The number of aromatic nitrogens is 4. The van der Waals surface area contributed by atoms with Crippen molar-refractivity contribution >= 4 is 33.3 Å². The van der Waals surface area contributed by atoms with Crippen LogP contribution in [-0.2, 0) is 11.2 Å². The molecule has 0 spiro atoms. The smallest absolute Gasteiger partial charge is 0.227 e. The topological polar surface area (TPSA) is 85.0 Å². The minimum atomic E-state index is -0.500. The van der Waals surface area contributed by atoms with Crippen LogP contribution in [0, 0.1) is 12.8 Å². The van der Waals surface area contributed by atoms with E-state index in [1.165, 1.54) is 11.3 Å². The Morgan fingerprint density at radius 2 is 2.13 bits per heavy atom. The number of nitrogens with zero attached hydrogens (tertiary/aromatic N) is 5. The third-order valence-corrected chi connectivity index (χ3v) is 7.72. The summed E-state index contributed by atoms with van der Waals surface area (Å²) in [4.78, 5) is 29.6. The maximum absolute atomic E-state index is 13.5. The fourth-order valence-electron chi connectivity index (χ4n) is 4.63. The van der Waals surface area contributed by atoms with E-state index in [1.807, 2.05) is 43.3 Å². The molecule has 39 heavy (non-hydrogen) atoms. The Balaban J connectivity index is 1.33. The van der Waals surface area contributed by atoms with Gasteiger partial charge in [-0.1, -0.05) is 29.9 Å². The lowest BCUT2D eigenvalue weighted by molar-refractivity contribution is -0.118. The van der Waals surface area contributed by atoms with Crippen molar-refractivity contribution < 1.29 is 13.7 Å². The number of pyridine rings is 1. The Kier molecular flexibility index (Phi) is 8.26. The van der Waals surface area contributed by atoms with Crippen LogP contribution in [-0.4, -0.2) is 32.6 Å². The molecular formula is C30H32FN5O2S. The number of anilines is 1. The Labute approximate surface area is 231 Å². The standard InChI is InChI=1S/C30H32FN5O2S/c1-4-21(7-5-10-26-34-29(35-38-26)22-12-13-22)17-36(27(37)14-11-20(3)31)24-9-6-8-23(16-24)25-15-19(2)28-30(33-25)39-18-32-28/h4,6,8-9,15-16,18,21-22H,1,3,5,7,10-14,17H2,2H3. The second kappa shape index (κ2) is 12.0. The maximum atomic E-state index is 13.5. The number of benzene rings is 1. The molecule has 0 bridgehead atoms. The Hall–Kier alpha value is -3.72. The number of halogens is 1. The summed E-state index contributed by atoms with van der Waals surface area (Å²) < 4.78 is 18.9. The van der Waals surface area contributed by atoms with E-state index >= 15 is 0 Å². The largest absolute Gasteiger partial charge is 0.339 e. The van der Waals surface area contributed by atoms with E-state index in [9.17, 15) is 9.18 Å². The molecule has 3 heterocycles. The van der Waals surface area contributed by atoms with Crippen LogP contribution in [0.3, 0.4) is 0 Å². The molecule has 1 saturated carbocycles. The van der Waals surface area contributed by atoms with Crippen LogP contribution in [0.2, 0.25) is 0 Å². The number of rotatable bonds is 13. The minimum Gasteiger partial charge on any atom is -0.339 e. The minimum absolute atomic E-state index is 0.00291. The van der Waals surface area contributed by atoms with Crippen LogP contribution in [0.15, 0.2) is 65.4 Å². The van der Waals surface area contributed by atoms with E-state index in [4.69, 9.17) is 9.51 Å². The molecule has 202 valence electrons. The number of aryl methyl sites for hydroxylation is 2. The SMILES string of the molecule is C=CC(CCCc1nc(C2CC2)no1)CN(C(=O)CCC(=C)F)c1cccc(-c2cc(C)c3ncsc3n2)c1. The lowest BCUT2D eigenvalue weighted by Crippen LogP contribution is -2.35. The van der Waals surface area contributed by atoms with Gasteiger partial charge in [0.1, 0.15) is 10.3 Å². The Morgan fingerprint density at radius 3 is 2.90 bits per heavy atom. The van der Waals surface area contributed by atoms with Crippen molar-refractivity contribution in [3.63, 3.8) is 0 Å². The van der Waals surface area contributed by atoms with Gasteiger partial charge in [-0.25, -0.2) is 14.4 Å². The quantitative estimate of drug-likeness (QED) is 0.163. The van der Waals surface area contributed by atoms with Crippen molar-refractivity contribution in [1.29, 1.82) is 0 Å². The van der Waals surface area contributed by atoms with Gasteiger partial charge >= 0.3 is 0 Å². The first-order chi connectivity index (χ1) is 18.9. The van der Waals surface area contributed by atoms with Gasteiger partial charge in [0.15, 0.2) is 5.82 Å². The van der Waals surface area contributed by atoms with E-state index in [1.54, 1.807) is 10.4 Å². The molecule has 0 radical (unpaired) electrons. The van der Waals surface area contributed by atoms with Gasteiger partial charge in [0, 0.05) is 43.0 Å². The van der Waals surface area contributed by atoms with Gasteiger partial charge in [0.25, 0.3) is 0 Å². The number of thiazole rings is 1. The molecule has 1 atom stereocenters. The summed E-state index contributed by atoms with van der Waals surface area (Å²) in [5.41, 5.74) is 6.21. The van der Waals surface area contributed by atoms with Gasteiger partial charge in [0.2, 0.25) is 11.8 Å². The van der Waals surface area contributed by atoms with Gasteiger partial charge in [-0.3, -0.25) is 4.79 Å². The van der Waals surface area contributed by atoms with Crippen LogP contribution < -0.4 is 4.90 Å². The number of amides is 1. The average molecular weight is 546 g/mol. The van der Waals surface area contributed by atoms with Crippen molar-refractivity contribution in [2.45, 2.75) is 57.8 Å².